The molecule has 1 rings (SSSR count). The standard InChI is InChI=1S/C9H15NO/c1-7-3-5-9(6-4-7)8(2)10-11/h3,9,11H,4-6H2,1-2H3/b10-8+. The quantitative estimate of drug-likeness (QED) is 0.267. The molecule has 1 aliphatic carbocycles. The summed E-state index contributed by atoms with van der Waals surface area (Å²) in [5, 5.41) is 11.7. The van der Waals surface area contributed by atoms with E-state index in [0.717, 1.165) is 25.0 Å². The van der Waals surface area contributed by atoms with Crippen LogP contribution >= 0.6 is 0 Å². The lowest BCUT2D eigenvalue weighted by Gasteiger charge is -2.18. The van der Waals surface area contributed by atoms with Crippen molar-refractivity contribution in [3.05, 3.63) is 11.6 Å². The molecule has 0 aromatic carbocycles. The van der Waals surface area contributed by atoms with E-state index in [1.54, 1.807) is 0 Å². The predicted octanol–water partition coefficient (Wildman–Crippen LogP) is 2.58. The van der Waals surface area contributed by atoms with Crippen molar-refractivity contribution >= 4 is 5.71 Å². The van der Waals surface area contributed by atoms with Crippen molar-refractivity contribution in [1.82, 2.24) is 0 Å². The van der Waals surface area contributed by atoms with Crippen LogP contribution in [-0.4, -0.2) is 10.9 Å². The molecule has 1 atom stereocenters. The Hall–Kier alpha value is -0.790. The topological polar surface area (TPSA) is 32.6 Å². The Bertz CT molecular complexity index is 194. The van der Waals surface area contributed by atoms with Gasteiger partial charge in [0.2, 0.25) is 0 Å². The predicted molar refractivity (Wildman–Crippen MR) is 46.0 cm³/mol. The van der Waals surface area contributed by atoms with Crippen LogP contribution in [0.5, 0.6) is 0 Å². The fourth-order valence-corrected chi connectivity index (χ4v) is 1.43. The van der Waals surface area contributed by atoms with Crippen LogP contribution in [0.3, 0.4) is 0 Å². The molecule has 2 nitrogen and oxygen atoms in total. The summed E-state index contributed by atoms with van der Waals surface area (Å²) in [7, 11) is 0. The molecule has 0 bridgehead atoms. The number of hydrogen-bond donors (Lipinski definition) is 1. The lowest BCUT2D eigenvalue weighted by atomic mass is 9.87. The molecule has 2 heteroatoms. The SMILES string of the molecule is CC1=CCC(/C(C)=N/O)CC1. The molecular weight excluding hydrogens is 138 g/mol. The van der Waals surface area contributed by atoms with Gasteiger partial charge in [-0.05, 0) is 33.1 Å². The zero-order valence-electron chi connectivity index (χ0n) is 7.17. The van der Waals surface area contributed by atoms with E-state index in [1.807, 2.05) is 6.92 Å². The Morgan fingerprint density at radius 1 is 1.73 bits per heavy atom. The largest absolute Gasteiger partial charge is 0.411 e. The van der Waals surface area contributed by atoms with Crippen molar-refractivity contribution < 1.29 is 5.21 Å². The second-order valence-corrected chi connectivity index (χ2v) is 3.26. The molecule has 0 aliphatic heterocycles. The average molecular weight is 153 g/mol. The van der Waals surface area contributed by atoms with Gasteiger partial charge in [0.25, 0.3) is 0 Å². The second kappa shape index (κ2) is 3.56. The van der Waals surface area contributed by atoms with Crippen LogP contribution in [0.2, 0.25) is 0 Å². The van der Waals surface area contributed by atoms with Crippen LogP contribution in [0.4, 0.5) is 0 Å². The monoisotopic (exact) mass is 153 g/mol. The Kier molecular flexibility index (Phi) is 2.69. The summed E-state index contributed by atoms with van der Waals surface area (Å²) >= 11 is 0. The lowest BCUT2D eigenvalue weighted by Crippen LogP contribution is -2.13. The molecule has 1 aliphatic rings. The van der Waals surface area contributed by atoms with Crippen molar-refractivity contribution in [1.29, 1.82) is 0 Å². The van der Waals surface area contributed by atoms with E-state index in [2.05, 4.69) is 18.2 Å². The van der Waals surface area contributed by atoms with Gasteiger partial charge in [0.05, 0.1) is 5.71 Å². The third kappa shape index (κ3) is 2.07. The highest BCUT2D eigenvalue weighted by atomic mass is 16.4. The van der Waals surface area contributed by atoms with Crippen LogP contribution in [0, 0.1) is 5.92 Å². The molecule has 1 N–H and O–H groups in total. The highest BCUT2D eigenvalue weighted by molar-refractivity contribution is 5.84. The molecular formula is C9H15NO. The van der Waals surface area contributed by atoms with Gasteiger partial charge in [-0.25, -0.2) is 0 Å². The van der Waals surface area contributed by atoms with Gasteiger partial charge in [0, 0.05) is 5.92 Å². The van der Waals surface area contributed by atoms with Gasteiger partial charge < -0.3 is 5.21 Å². The summed E-state index contributed by atoms with van der Waals surface area (Å²) in [6, 6.07) is 0. The van der Waals surface area contributed by atoms with Crippen LogP contribution in [0.15, 0.2) is 16.8 Å². The first-order valence-corrected chi connectivity index (χ1v) is 4.08. The Morgan fingerprint density at radius 3 is 2.91 bits per heavy atom. The van der Waals surface area contributed by atoms with Gasteiger partial charge in [0.15, 0.2) is 0 Å². The number of allylic oxidation sites excluding steroid dienone is 2. The van der Waals surface area contributed by atoms with Crippen molar-refractivity contribution in [3.8, 4) is 0 Å². The number of hydrogen-bond acceptors (Lipinski definition) is 2. The summed E-state index contributed by atoms with van der Waals surface area (Å²) in [6.45, 7) is 4.04. The summed E-state index contributed by atoms with van der Waals surface area (Å²) in [5.74, 6) is 0.476. The molecule has 0 spiro atoms. The maximum absolute atomic E-state index is 8.52. The third-order valence-electron chi connectivity index (χ3n) is 2.39. The van der Waals surface area contributed by atoms with Crippen LogP contribution in [-0.2, 0) is 0 Å². The van der Waals surface area contributed by atoms with Crippen molar-refractivity contribution in [2.24, 2.45) is 11.1 Å². The fourth-order valence-electron chi connectivity index (χ4n) is 1.43. The van der Waals surface area contributed by atoms with Crippen LogP contribution < -0.4 is 0 Å². The molecule has 0 aromatic heterocycles. The number of rotatable bonds is 1. The van der Waals surface area contributed by atoms with Crippen LogP contribution in [0.25, 0.3) is 0 Å². The van der Waals surface area contributed by atoms with Crippen molar-refractivity contribution in [3.63, 3.8) is 0 Å². The molecule has 1 unspecified atom stereocenters. The summed E-state index contributed by atoms with van der Waals surface area (Å²) in [4.78, 5) is 0. The summed E-state index contributed by atoms with van der Waals surface area (Å²) in [5.41, 5.74) is 2.33. The minimum Gasteiger partial charge on any atom is -0.411 e. The van der Waals surface area contributed by atoms with Crippen molar-refractivity contribution in [2.75, 3.05) is 0 Å². The van der Waals surface area contributed by atoms with E-state index < -0.39 is 0 Å². The highest BCUT2D eigenvalue weighted by Crippen LogP contribution is 2.23. The summed E-state index contributed by atoms with van der Waals surface area (Å²) in [6.07, 6.45) is 5.57. The minimum atomic E-state index is 0.476. The highest BCUT2D eigenvalue weighted by Gasteiger charge is 2.15. The number of nitrogens with zero attached hydrogens (tertiary/aromatic N) is 1. The Morgan fingerprint density at radius 2 is 2.45 bits per heavy atom. The molecule has 0 saturated heterocycles. The van der Waals surface area contributed by atoms with Crippen LogP contribution in [0.1, 0.15) is 33.1 Å². The molecule has 0 aromatic rings. The first-order valence-electron chi connectivity index (χ1n) is 4.08. The minimum absolute atomic E-state index is 0.476. The normalized spacial score (nSPS) is 26.5. The third-order valence-corrected chi connectivity index (χ3v) is 2.39. The maximum Gasteiger partial charge on any atom is 0.0574 e. The molecule has 0 radical (unpaired) electrons. The first-order chi connectivity index (χ1) is 5.24. The molecule has 0 heterocycles. The first kappa shape index (κ1) is 8.31. The fraction of sp³-hybridized carbons (Fsp3) is 0.667. The zero-order valence-corrected chi connectivity index (χ0v) is 7.17. The van der Waals surface area contributed by atoms with E-state index in [-0.39, 0.29) is 0 Å². The van der Waals surface area contributed by atoms with Gasteiger partial charge in [-0.2, -0.15) is 0 Å². The maximum atomic E-state index is 8.52. The Balaban J connectivity index is 2.54. The number of oxime groups is 1. The zero-order chi connectivity index (χ0) is 8.27. The Labute approximate surface area is 67.6 Å². The smallest absolute Gasteiger partial charge is 0.0574 e. The van der Waals surface area contributed by atoms with Gasteiger partial charge in [0.1, 0.15) is 0 Å². The molecule has 11 heavy (non-hydrogen) atoms. The second-order valence-electron chi connectivity index (χ2n) is 3.26. The van der Waals surface area contributed by atoms with Gasteiger partial charge in [-0.1, -0.05) is 16.8 Å². The van der Waals surface area contributed by atoms with E-state index >= 15 is 0 Å². The van der Waals surface area contributed by atoms with Gasteiger partial charge >= 0.3 is 0 Å². The van der Waals surface area contributed by atoms with E-state index in [1.165, 1.54) is 5.57 Å². The average Bonchev–Trinajstić information content (AvgIpc) is 2.05. The molecule has 0 fully saturated rings. The molecule has 0 amide bonds. The van der Waals surface area contributed by atoms with Gasteiger partial charge in [-0.15, -0.1) is 0 Å². The van der Waals surface area contributed by atoms with E-state index in [9.17, 15) is 0 Å². The van der Waals surface area contributed by atoms with Gasteiger partial charge in [-0.3, -0.25) is 0 Å². The summed E-state index contributed by atoms with van der Waals surface area (Å²) < 4.78 is 0. The molecule has 0 saturated carbocycles. The molecule has 62 valence electrons. The lowest BCUT2D eigenvalue weighted by molar-refractivity contribution is 0.313. The van der Waals surface area contributed by atoms with E-state index in [4.69, 9.17) is 5.21 Å². The van der Waals surface area contributed by atoms with E-state index in [0.29, 0.717) is 5.92 Å². The van der Waals surface area contributed by atoms with Crippen molar-refractivity contribution in [2.45, 2.75) is 33.1 Å².